The smallest absolute Gasteiger partial charge is 0.0620 e. The van der Waals surface area contributed by atoms with E-state index in [1.54, 1.807) is 0 Å². The van der Waals surface area contributed by atoms with E-state index in [-0.39, 0.29) is 0 Å². The molecule has 0 saturated carbocycles. The highest BCUT2D eigenvalue weighted by atomic mass is 15.0. The molecule has 0 bridgehead atoms. The van der Waals surface area contributed by atoms with Gasteiger partial charge in [0, 0.05) is 114 Å². The normalized spacial score (nSPS) is 12.2. The quantitative estimate of drug-likeness (QED) is 0.145. The summed E-state index contributed by atoms with van der Waals surface area (Å²) < 4.78 is 14.5. The topological polar surface area (TPSA) is 28.0 Å². The first-order valence-corrected chi connectivity index (χ1v) is 44.9. The lowest BCUT2D eigenvalue weighted by molar-refractivity contribution is 1.18. The lowest BCUT2D eigenvalue weighted by Gasteiger charge is -2.11. The molecule has 0 atom stereocenters. The van der Waals surface area contributed by atoms with Gasteiger partial charge in [-0.25, -0.2) is 0 Å². The number of rotatable bonds is 8. The van der Waals surface area contributed by atoms with Gasteiger partial charge in [-0.1, -0.05) is 309 Å². The van der Waals surface area contributed by atoms with Crippen molar-refractivity contribution in [1.29, 1.82) is 0 Å². The Morgan fingerprint density at radius 2 is 0.346 bits per heavy atom. The molecule has 0 aliphatic heterocycles. The molecule has 0 aliphatic rings. The zero-order valence-electron chi connectivity index (χ0n) is 70.6. The first-order chi connectivity index (χ1) is 64.5. The molecule has 30 rings (SSSR count). The van der Waals surface area contributed by atoms with Crippen LogP contribution in [-0.2, 0) is 0 Å². The van der Waals surface area contributed by atoms with Crippen molar-refractivity contribution in [2.45, 2.75) is 0 Å². The predicted octanol–water partition coefficient (Wildman–Crippen LogP) is 33.3. The number of benzene rings is 21. The summed E-state index contributed by atoms with van der Waals surface area (Å²) in [6, 6.07) is 169. The molecule has 6 heteroatoms. The Kier molecular flexibility index (Phi) is 15.6. The minimum Gasteiger partial charge on any atom is -0.309 e. The Labute approximate surface area is 745 Å². The number of fused-ring (bicyclic) bond motifs is 28. The van der Waals surface area contributed by atoms with Gasteiger partial charge in [-0.15, -0.1) is 0 Å². The van der Waals surface area contributed by atoms with E-state index in [2.05, 4.69) is 488 Å². The average Bonchev–Trinajstić information content (AvgIpc) is 1.55. The first-order valence-electron chi connectivity index (χ1n) is 44.9. The summed E-state index contributed by atoms with van der Waals surface area (Å²) in [7, 11) is 0. The Hall–Kier alpha value is -17.3. The summed E-state index contributed by atoms with van der Waals surface area (Å²) in [6.07, 6.45) is 0. The van der Waals surface area contributed by atoms with E-state index in [0.29, 0.717) is 0 Å². The van der Waals surface area contributed by atoms with Crippen molar-refractivity contribution in [3.63, 3.8) is 0 Å². The van der Waals surface area contributed by atoms with Crippen LogP contribution >= 0.6 is 0 Å². The molecular formula is C124H76N6. The molecule has 21 aromatic carbocycles. The lowest BCUT2D eigenvalue weighted by Crippen LogP contribution is -1.94. The summed E-state index contributed by atoms with van der Waals surface area (Å²) in [5.41, 5.74) is 34.7. The molecule has 9 aromatic heterocycles. The molecule has 0 spiro atoms. The monoisotopic (exact) mass is 1650 g/mol. The maximum Gasteiger partial charge on any atom is 0.0620 e. The lowest BCUT2D eigenvalue weighted by atomic mass is 9.98. The molecule has 0 amide bonds. The molecule has 0 radical (unpaired) electrons. The molecule has 0 fully saturated rings. The van der Waals surface area contributed by atoms with E-state index in [4.69, 9.17) is 0 Å². The van der Waals surface area contributed by atoms with Crippen molar-refractivity contribution in [3.05, 3.63) is 461 Å². The summed E-state index contributed by atoms with van der Waals surface area (Å²) in [6.45, 7) is 0. The number of hydrogen-bond donors (Lipinski definition) is 0. The van der Waals surface area contributed by atoms with Crippen molar-refractivity contribution < 1.29 is 0 Å². The SMILES string of the molecule is c1ccc(-c2ccc(-n3c4ccccc4c4cc(-c5ccc6c(c5)c5cccc7c8ccccc8n6c75)ccc43)cc2)cc1.c1ccc(-c2cccc(-n3c4ccccc4c4cc(-c5cc6c7ccccc7n7c8ccccc8c(c5)c67)ccc43)c2)cc1.c1ccc2cc(-n3c4ccccc4c4cc(-c5ccc6c(c5)c5cccc7c8ccccc8n6c75)ccc43)ccc2c1. The molecule has 130 heavy (non-hydrogen) atoms. The maximum absolute atomic E-state index is 2.44. The van der Waals surface area contributed by atoms with Crippen LogP contribution in [0, 0.1) is 0 Å². The van der Waals surface area contributed by atoms with Crippen molar-refractivity contribution in [3.8, 4) is 72.7 Å². The fourth-order valence-electron chi connectivity index (χ4n) is 22.3. The van der Waals surface area contributed by atoms with E-state index >= 15 is 0 Å². The van der Waals surface area contributed by atoms with Crippen LogP contribution < -0.4 is 0 Å². The number of nitrogens with zero attached hydrogens (tertiary/aromatic N) is 6. The van der Waals surface area contributed by atoms with Gasteiger partial charge in [0.05, 0.1) is 82.8 Å². The minimum absolute atomic E-state index is 1.17. The highest BCUT2D eigenvalue weighted by Crippen LogP contribution is 2.48. The van der Waals surface area contributed by atoms with Crippen LogP contribution in [0.4, 0.5) is 0 Å². The van der Waals surface area contributed by atoms with Gasteiger partial charge in [-0.3, -0.25) is 0 Å². The van der Waals surface area contributed by atoms with Crippen LogP contribution in [-0.4, -0.2) is 26.9 Å². The van der Waals surface area contributed by atoms with Crippen LogP contribution in [0.15, 0.2) is 461 Å². The third-order valence-corrected chi connectivity index (χ3v) is 28.1. The molecule has 6 nitrogen and oxygen atoms in total. The van der Waals surface area contributed by atoms with Crippen LogP contribution in [0.1, 0.15) is 0 Å². The first kappa shape index (κ1) is 72.0. The van der Waals surface area contributed by atoms with Crippen LogP contribution in [0.25, 0.3) is 263 Å². The Bertz CT molecular complexity index is 9800. The van der Waals surface area contributed by atoms with Gasteiger partial charge in [0.2, 0.25) is 0 Å². The summed E-state index contributed by atoms with van der Waals surface area (Å²) in [5.74, 6) is 0. The van der Waals surface area contributed by atoms with Crippen LogP contribution in [0.5, 0.6) is 0 Å². The van der Waals surface area contributed by atoms with Crippen molar-refractivity contribution in [2.24, 2.45) is 0 Å². The molecule has 9 heterocycles. The maximum atomic E-state index is 2.44. The molecule has 0 aliphatic carbocycles. The second-order valence-electron chi connectivity index (χ2n) is 35.0. The zero-order chi connectivity index (χ0) is 84.9. The highest BCUT2D eigenvalue weighted by molar-refractivity contribution is 6.28. The van der Waals surface area contributed by atoms with E-state index < -0.39 is 0 Å². The zero-order valence-corrected chi connectivity index (χ0v) is 70.6. The Balaban J connectivity index is 0.0000000981. The fraction of sp³-hybridized carbons (Fsp3) is 0. The molecule has 602 valence electrons. The molecule has 30 aromatic rings. The molecule has 0 unspecified atom stereocenters. The second-order valence-corrected chi connectivity index (χ2v) is 35.0. The minimum atomic E-state index is 1.17. The third kappa shape index (κ3) is 10.7. The van der Waals surface area contributed by atoms with Gasteiger partial charge < -0.3 is 26.9 Å². The standard InChI is InChI=1S/2C42H26N2.C40H24N2/c1-2-11-27(12-3-1)28-13-10-14-31(23-28)43-38-18-7-4-15-32(38)35-24-29(21-22-41(35)43)30-25-36-33-16-5-8-19-39(33)44-40-20-9-6-17-34(40)37(26-30)42(36)44;1-2-9-27(10-3-1)28-17-21-31(22-18-28)43-38-15-6-5-12-33(38)36-25-29(19-23-40(36)43)30-20-24-41-37(26-30)35-14-8-13-34-32-11-4-7-16-39(32)44(41)42(34)35;1-2-9-26-22-29(19-16-25(26)8-1)41-36-14-5-4-11-31(36)34-23-27(17-20-38(34)41)28-18-21-39-35(24-28)33-13-7-12-32-30-10-3-6-15-37(30)42(39)40(32)33/h2*1-26H;1-24H. The molecule has 0 N–H and O–H groups in total. The second kappa shape index (κ2) is 28.1. The molecule has 0 saturated heterocycles. The van der Waals surface area contributed by atoms with Gasteiger partial charge in [0.1, 0.15) is 0 Å². The summed E-state index contributed by atoms with van der Waals surface area (Å²) in [5, 5.41) is 25.9. The van der Waals surface area contributed by atoms with Gasteiger partial charge in [-0.2, -0.15) is 0 Å². The van der Waals surface area contributed by atoms with Gasteiger partial charge >= 0.3 is 0 Å². The van der Waals surface area contributed by atoms with Crippen LogP contribution in [0.2, 0.25) is 0 Å². The largest absolute Gasteiger partial charge is 0.309 e. The molecular weight excluding hydrogens is 1570 g/mol. The highest BCUT2D eigenvalue weighted by Gasteiger charge is 2.25. The summed E-state index contributed by atoms with van der Waals surface area (Å²) >= 11 is 0. The van der Waals surface area contributed by atoms with Crippen molar-refractivity contribution in [2.75, 3.05) is 0 Å². The fourth-order valence-corrected chi connectivity index (χ4v) is 22.3. The predicted molar refractivity (Wildman–Crippen MR) is 551 cm³/mol. The van der Waals surface area contributed by atoms with E-state index in [1.165, 1.54) is 263 Å². The van der Waals surface area contributed by atoms with Gasteiger partial charge in [0.15, 0.2) is 0 Å². The Morgan fingerprint density at radius 1 is 0.108 bits per heavy atom. The third-order valence-electron chi connectivity index (χ3n) is 28.1. The van der Waals surface area contributed by atoms with Gasteiger partial charge in [-0.05, 0) is 218 Å². The van der Waals surface area contributed by atoms with Crippen molar-refractivity contribution in [1.82, 2.24) is 26.9 Å². The van der Waals surface area contributed by atoms with E-state index in [1.807, 2.05) is 0 Å². The average molecular weight is 1650 g/mol. The number of hydrogen-bond acceptors (Lipinski definition) is 0. The Morgan fingerprint density at radius 3 is 0.777 bits per heavy atom. The number of para-hydroxylation sites is 9. The number of aromatic nitrogens is 6. The van der Waals surface area contributed by atoms with E-state index in [0.717, 1.165) is 0 Å². The van der Waals surface area contributed by atoms with Crippen LogP contribution in [0.3, 0.4) is 0 Å². The van der Waals surface area contributed by atoms with Crippen molar-refractivity contribution >= 4 is 190 Å². The van der Waals surface area contributed by atoms with E-state index in [9.17, 15) is 0 Å². The van der Waals surface area contributed by atoms with Gasteiger partial charge in [0.25, 0.3) is 0 Å². The summed E-state index contributed by atoms with van der Waals surface area (Å²) in [4.78, 5) is 0.